The Morgan fingerprint density at radius 1 is 1.12 bits per heavy atom. The Labute approximate surface area is 146 Å². The van der Waals surface area contributed by atoms with Gasteiger partial charge in [0.2, 0.25) is 0 Å². The second-order valence-corrected chi connectivity index (χ2v) is 6.26. The molecule has 2 aliphatic heterocycles. The molecule has 1 aromatic rings. The molecule has 134 valence electrons. The predicted octanol–water partition coefficient (Wildman–Crippen LogP) is 1.75. The third kappa shape index (κ3) is 3.76. The minimum absolute atomic E-state index is 0.156. The van der Waals surface area contributed by atoms with Crippen molar-refractivity contribution in [2.24, 2.45) is 0 Å². The fourth-order valence-corrected chi connectivity index (χ4v) is 2.77. The van der Waals surface area contributed by atoms with Crippen molar-refractivity contribution < 1.29 is 28.5 Å². The van der Waals surface area contributed by atoms with Crippen molar-refractivity contribution >= 4 is 23.7 Å². The minimum atomic E-state index is -1.25. The van der Waals surface area contributed by atoms with E-state index in [0.717, 1.165) is 18.8 Å². The highest BCUT2D eigenvalue weighted by Gasteiger charge is 2.39. The van der Waals surface area contributed by atoms with Crippen molar-refractivity contribution in [1.82, 2.24) is 0 Å². The maximum Gasteiger partial charge on any atom is 0.348 e. The number of benzene rings is 1. The fourth-order valence-electron chi connectivity index (χ4n) is 2.77. The third-order valence-electron chi connectivity index (χ3n) is 4.01. The van der Waals surface area contributed by atoms with Crippen LogP contribution in [0.5, 0.6) is 5.75 Å². The largest absolute Gasteiger partial charge is 0.496 e. The molecule has 2 saturated heterocycles. The highest BCUT2D eigenvalue weighted by Crippen LogP contribution is 2.30. The van der Waals surface area contributed by atoms with Crippen LogP contribution in [0.1, 0.15) is 19.4 Å². The molecule has 0 spiro atoms. The van der Waals surface area contributed by atoms with Crippen LogP contribution >= 0.6 is 0 Å². The molecule has 7 nitrogen and oxygen atoms in total. The first-order chi connectivity index (χ1) is 11.9. The van der Waals surface area contributed by atoms with Gasteiger partial charge in [-0.25, -0.2) is 9.59 Å². The van der Waals surface area contributed by atoms with E-state index in [4.69, 9.17) is 18.9 Å². The molecule has 0 N–H and O–H groups in total. The van der Waals surface area contributed by atoms with Gasteiger partial charge in [0.05, 0.1) is 20.3 Å². The molecule has 0 radical (unpaired) electrons. The maximum atomic E-state index is 12.1. The standard InChI is InChI=1S/C18H21NO6/c1-18(2)24-16(20)14(17(21)25-18)10-12-4-5-13(11-15(12)22-3)19-6-8-23-9-7-19/h4-5,10-11H,6-9H2,1-3H3. The van der Waals surface area contributed by atoms with Gasteiger partial charge in [-0.3, -0.25) is 0 Å². The monoisotopic (exact) mass is 347 g/mol. The fraction of sp³-hybridized carbons (Fsp3) is 0.444. The molecule has 0 unspecified atom stereocenters. The van der Waals surface area contributed by atoms with E-state index in [1.165, 1.54) is 19.9 Å². The molecule has 0 saturated carbocycles. The highest BCUT2D eigenvalue weighted by atomic mass is 16.7. The Bertz CT molecular complexity index is 696. The number of hydrogen-bond donors (Lipinski definition) is 0. The lowest BCUT2D eigenvalue weighted by Crippen LogP contribution is -2.41. The third-order valence-corrected chi connectivity index (χ3v) is 4.01. The smallest absolute Gasteiger partial charge is 0.348 e. The van der Waals surface area contributed by atoms with Crippen molar-refractivity contribution in [2.45, 2.75) is 19.6 Å². The quantitative estimate of drug-likeness (QED) is 0.468. The van der Waals surface area contributed by atoms with Gasteiger partial charge in [0.1, 0.15) is 11.3 Å². The number of methoxy groups -OCH3 is 1. The number of cyclic esters (lactones) is 2. The molecule has 2 heterocycles. The van der Waals surface area contributed by atoms with Crippen LogP contribution in [0.25, 0.3) is 6.08 Å². The molecular weight excluding hydrogens is 326 g/mol. The summed E-state index contributed by atoms with van der Waals surface area (Å²) in [6.45, 7) is 5.99. The van der Waals surface area contributed by atoms with Crippen molar-refractivity contribution in [3.8, 4) is 5.75 Å². The first-order valence-electron chi connectivity index (χ1n) is 8.09. The number of anilines is 1. The van der Waals surface area contributed by atoms with E-state index in [9.17, 15) is 9.59 Å². The van der Waals surface area contributed by atoms with Gasteiger partial charge in [-0.05, 0) is 18.2 Å². The zero-order valence-electron chi connectivity index (χ0n) is 14.5. The van der Waals surface area contributed by atoms with Crippen LogP contribution in [0.2, 0.25) is 0 Å². The van der Waals surface area contributed by atoms with Crippen LogP contribution < -0.4 is 9.64 Å². The van der Waals surface area contributed by atoms with Gasteiger partial charge >= 0.3 is 11.9 Å². The number of nitrogens with zero attached hydrogens (tertiary/aromatic N) is 1. The topological polar surface area (TPSA) is 74.3 Å². The normalized spacial score (nSPS) is 20.0. The summed E-state index contributed by atoms with van der Waals surface area (Å²) < 4.78 is 21.0. The Balaban J connectivity index is 1.89. The Morgan fingerprint density at radius 3 is 2.36 bits per heavy atom. The van der Waals surface area contributed by atoms with Gasteiger partial charge in [-0.15, -0.1) is 0 Å². The number of carbonyl (C=O) groups is 2. The predicted molar refractivity (Wildman–Crippen MR) is 90.3 cm³/mol. The first-order valence-corrected chi connectivity index (χ1v) is 8.09. The van der Waals surface area contributed by atoms with Crippen LogP contribution in [0.3, 0.4) is 0 Å². The summed E-state index contributed by atoms with van der Waals surface area (Å²) in [7, 11) is 1.54. The minimum Gasteiger partial charge on any atom is -0.496 e. The molecule has 0 amide bonds. The average molecular weight is 347 g/mol. The summed E-state index contributed by atoms with van der Waals surface area (Å²) in [6, 6.07) is 5.60. The molecule has 0 aliphatic carbocycles. The molecule has 2 aliphatic rings. The molecule has 7 heteroatoms. The molecule has 2 fully saturated rings. The molecule has 0 bridgehead atoms. The Kier molecular flexibility index (Phi) is 4.67. The lowest BCUT2D eigenvalue weighted by Gasteiger charge is -2.30. The Morgan fingerprint density at radius 2 is 1.76 bits per heavy atom. The van der Waals surface area contributed by atoms with E-state index >= 15 is 0 Å². The van der Waals surface area contributed by atoms with Gasteiger partial charge in [0.15, 0.2) is 0 Å². The van der Waals surface area contributed by atoms with E-state index in [0.29, 0.717) is 24.5 Å². The lowest BCUT2D eigenvalue weighted by atomic mass is 10.1. The van der Waals surface area contributed by atoms with Crippen molar-refractivity contribution in [3.05, 3.63) is 29.3 Å². The maximum absolute atomic E-state index is 12.1. The molecule has 25 heavy (non-hydrogen) atoms. The molecule has 3 rings (SSSR count). The first kappa shape index (κ1) is 17.3. The van der Waals surface area contributed by atoms with Crippen molar-refractivity contribution in [3.63, 3.8) is 0 Å². The van der Waals surface area contributed by atoms with Gasteiger partial charge in [0.25, 0.3) is 5.79 Å². The van der Waals surface area contributed by atoms with E-state index in [1.807, 2.05) is 12.1 Å². The molecule has 1 aromatic carbocycles. The number of rotatable bonds is 3. The van der Waals surface area contributed by atoms with Crippen LogP contribution in [-0.4, -0.2) is 51.1 Å². The average Bonchev–Trinajstić information content (AvgIpc) is 2.58. The second kappa shape index (κ2) is 6.76. The van der Waals surface area contributed by atoms with Gasteiger partial charge in [-0.1, -0.05) is 0 Å². The summed E-state index contributed by atoms with van der Waals surface area (Å²) in [4.78, 5) is 26.4. The SMILES string of the molecule is COc1cc(N2CCOCC2)ccc1C=C1C(=O)OC(C)(C)OC1=O. The van der Waals surface area contributed by atoms with E-state index < -0.39 is 17.7 Å². The number of esters is 2. The van der Waals surface area contributed by atoms with Gasteiger partial charge in [0, 0.05) is 44.3 Å². The summed E-state index contributed by atoms with van der Waals surface area (Å²) in [5, 5.41) is 0. The number of hydrogen-bond acceptors (Lipinski definition) is 7. The number of ether oxygens (including phenoxy) is 4. The van der Waals surface area contributed by atoms with Crippen molar-refractivity contribution in [2.75, 3.05) is 38.3 Å². The van der Waals surface area contributed by atoms with E-state index in [2.05, 4.69) is 4.90 Å². The summed E-state index contributed by atoms with van der Waals surface area (Å²) >= 11 is 0. The summed E-state index contributed by atoms with van der Waals surface area (Å²) in [5.74, 6) is -2.11. The molecular formula is C18H21NO6. The van der Waals surface area contributed by atoms with Gasteiger partial charge in [-0.2, -0.15) is 0 Å². The summed E-state index contributed by atoms with van der Waals surface area (Å²) in [6.07, 6.45) is 1.43. The highest BCUT2D eigenvalue weighted by molar-refractivity contribution is 6.19. The summed E-state index contributed by atoms with van der Waals surface area (Å²) in [5.41, 5.74) is 1.44. The Hall–Kier alpha value is -2.54. The van der Waals surface area contributed by atoms with Gasteiger partial charge < -0.3 is 23.8 Å². The number of carbonyl (C=O) groups excluding carboxylic acids is 2. The number of morpholine rings is 1. The van der Waals surface area contributed by atoms with Crippen LogP contribution in [0.4, 0.5) is 5.69 Å². The molecule has 0 aromatic heterocycles. The zero-order valence-corrected chi connectivity index (χ0v) is 14.5. The zero-order chi connectivity index (χ0) is 18.0. The lowest BCUT2D eigenvalue weighted by molar-refractivity contribution is -0.222. The van der Waals surface area contributed by atoms with Crippen LogP contribution in [-0.2, 0) is 23.8 Å². The van der Waals surface area contributed by atoms with Crippen LogP contribution in [0, 0.1) is 0 Å². The van der Waals surface area contributed by atoms with Crippen molar-refractivity contribution in [1.29, 1.82) is 0 Å². The van der Waals surface area contributed by atoms with E-state index in [-0.39, 0.29) is 5.57 Å². The molecule has 0 atom stereocenters. The second-order valence-electron chi connectivity index (χ2n) is 6.26. The van der Waals surface area contributed by atoms with Crippen LogP contribution in [0.15, 0.2) is 23.8 Å². The van der Waals surface area contributed by atoms with E-state index in [1.54, 1.807) is 13.2 Å².